The predicted octanol–water partition coefficient (Wildman–Crippen LogP) is 6.39. The van der Waals surface area contributed by atoms with Crippen molar-refractivity contribution in [3.63, 3.8) is 0 Å². The number of halogens is 1. The zero-order chi connectivity index (χ0) is 23.5. The van der Waals surface area contributed by atoms with Gasteiger partial charge in [-0.3, -0.25) is 9.59 Å². The molecule has 0 amide bonds. The number of fused-ring (bicyclic) bond motifs is 1. The molecule has 0 aliphatic carbocycles. The van der Waals surface area contributed by atoms with Crippen LogP contribution in [0.2, 0.25) is 5.02 Å². The van der Waals surface area contributed by atoms with Crippen molar-refractivity contribution in [2.75, 3.05) is 5.75 Å². The Kier molecular flexibility index (Phi) is 6.69. The number of allylic oxidation sites excluding steroid dienone is 3. The normalized spacial score (nSPS) is 15.9. The highest BCUT2D eigenvalue weighted by Crippen LogP contribution is 2.43. The Morgan fingerprint density at radius 1 is 1.06 bits per heavy atom. The first-order valence-corrected chi connectivity index (χ1v) is 11.8. The molecule has 1 atom stereocenters. The second-order valence-corrected chi connectivity index (χ2v) is 9.20. The Labute approximate surface area is 201 Å². The zero-order valence-electron chi connectivity index (χ0n) is 18.2. The molecule has 1 N–H and O–H groups in total. The molecule has 0 spiro atoms. The summed E-state index contributed by atoms with van der Waals surface area (Å²) in [6.45, 7) is 3.29. The third kappa shape index (κ3) is 4.59. The van der Waals surface area contributed by atoms with Gasteiger partial charge in [0.15, 0.2) is 11.6 Å². The van der Waals surface area contributed by atoms with Gasteiger partial charge in [0, 0.05) is 21.9 Å². The van der Waals surface area contributed by atoms with Crippen LogP contribution in [0.15, 0.2) is 88.6 Å². The molecular formula is C27H21ClN2O2S. The largest absolute Gasteiger partial charge is 0.353 e. The monoisotopic (exact) mass is 472 g/mol. The van der Waals surface area contributed by atoms with Gasteiger partial charge in [-0.05, 0) is 42.3 Å². The number of hydrogen-bond acceptors (Lipinski definition) is 5. The Hall–Kier alpha value is -3.33. The molecule has 4 nitrogen and oxygen atoms in total. The molecule has 4 rings (SSSR count). The van der Waals surface area contributed by atoms with Gasteiger partial charge in [-0.2, -0.15) is 5.26 Å². The van der Waals surface area contributed by atoms with Crippen LogP contribution in [0.3, 0.4) is 0 Å². The van der Waals surface area contributed by atoms with Crippen LogP contribution in [0.25, 0.3) is 10.8 Å². The number of hydrogen-bond donors (Lipinski definition) is 1. The van der Waals surface area contributed by atoms with E-state index in [1.807, 2.05) is 60.7 Å². The number of carbonyl (C=O) groups is 2. The fraction of sp³-hybridized carbons (Fsp3) is 0.148. The zero-order valence-corrected chi connectivity index (χ0v) is 19.8. The Bertz CT molecular complexity index is 1380. The topological polar surface area (TPSA) is 70.0 Å². The van der Waals surface area contributed by atoms with Crippen LogP contribution in [-0.4, -0.2) is 17.3 Å². The molecule has 0 unspecified atom stereocenters. The minimum Gasteiger partial charge on any atom is -0.353 e. The van der Waals surface area contributed by atoms with Crippen molar-refractivity contribution in [3.8, 4) is 6.07 Å². The Morgan fingerprint density at radius 2 is 1.76 bits per heavy atom. The highest BCUT2D eigenvalue weighted by atomic mass is 35.5. The van der Waals surface area contributed by atoms with Crippen LogP contribution < -0.4 is 5.32 Å². The first-order chi connectivity index (χ1) is 15.9. The molecular weight excluding hydrogens is 452 g/mol. The van der Waals surface area contributed by atoms with Gasteiger partial charge in [0.2, 0.25) is 0 Å². The predicted molar refractivity (Wildman–Crippen MR) is 134 cm³/mol. The number of thioether (sulfide) groups is 1. The summed E-state index contributed by atoms with van der Waals surface area (Å²) in [5.41, 5.74) is 2.86. The molecule has 33 heavy (non-hydrogen) atoms. The summed E-state index contributed by atoms with van der Waals surface area (Å²) >= 11 is 7.72. The Morgan fingerprint density at radius 3 is 2.45 bits per heavy atom. The van der Waals surface area contributed by atoms with Crippen LogP contribution in [0.4, 0.5) is 0 Å². The van der Waals surface area contributed by atoms with Crippen molar-refractivity contribution in [1.29, 1.82) is 5.26 Å². The van der Waals surface area contributed by atoms with Crippen molar-refractivity contribution in [3.05, 3.63) is 105 Å². The van der Waals surface area contributed by atoms with E-state index in [-0.39, 0.29) is 17.3 Å². The molecule has 1 aliphatic heterocycles. The van der Waals surface area contributed by atoms with E-state index in [0.717, 1.165) is 10.8 Å². The lowest BCUT2D eigenvalue weighted by Gasteiger charge is -2.29. The summed E-state index contributed by atoms with van der Waals surface area (Å²) in [6, 6.07) is 23.0. The molecule has 0 fully saturated rings. The summed E-state index contributed by atoms with van der Waals surface area (Å²) < 4.78 is 0. The third-order valence-electron chi connectivity index (χ3n) is 5.66. The fourth-order valence-corrected chi connectivity index (χ4v) is 5.33. The highest BCUT2D eigenvalue weighted by molar-refractivity contribution is 8.03. The molecule has 0 saturated carbocycles. The van der Waals surface area contributed by atoms with E-state index >= 15 is 0 Å². The maximum Gasteiger partial charge on any atom is 0.173 e. The number of nitrogens with zero attached hydrogens (tertiary/aromatic N) is 1. The van der Waals surface area contributed by atoms with Crippen molar-refractivity contribution < 1.29 is 9.59 Å². The van der Waals surface area contributed by atoms with E-state index in [0.29, 0.717) is 38.0 Å². The lowest BCUT2D eigenvalue weighted by atomic mass is 9.81. The smallest absolute Gasteiger partial charge is 0.173 e. The van der Waals surface area contributed by atoms with Gasteiger partial charge >= 0.3 is 0 Å². The van der Waals surface area contributed by atoms with Crippen molar-refractivity contribution in [1.82, 2.24) is 5.32 Å². The molecule has 0 bridgehead atoms. The number of dihydropyridines is 1. The molecule has 0 aromatic heterocycles. The first kappa shape index (κ1) is 22.8. The lowest BCUT2D eigenvalue weighted by Crippen LogP contribution is -2.27. The van der Waals surface area contributed by atoms with Crippen LogP contribution >= 0.6 is 23.4 Å². The number of carbonyl (C=O) groups excluding carboxylic acids is 2. The number of ketones is 2. The van der Waals surface area contributed by atoms with E-state index in [9.17, 15) is 14.9 Å². The maximum absolute atomic E-state index is 12.9. The summed E-state index contributed by atoms with van der Waals surface area (Å²) in [4.78, 5) is 25.4. The lowest BCUT2D eigenvalue weighted by molar-refractivity contribution is -0.113. The molecule has 3 aromatic rings. The average Bonchev–Trinajstić information content (AvgIpc) is 2.81. The van der Waals surface area contributed by atoms with E-state index < -0.39 is 5.92 Å². The molecule has 3 aromatic carbocycles. The quantitative estimate of drug-likeness (QED) is 0.420. The van der Waals surface area contributed by atoms with E-state index in [4.69, 9.17) is 11.6 Å². The highest BCUT2D eigenvalue weighted by Gasteiger charge is 2.34. The summed E-state index contributed by atoms with van der Waals surface area (Å²) in [5.74, 6) is -0.593. The third-order valence-corrected chi connectivity index (χ3v) is 7.02. The Balaban J connectivity index is 1.66. The summed E-state index contributed by atoms with van der Waals surface area (Å²) in [6.07, 6.45) is 0. The van der Waals surface area contributed by atoms with Crippen molar-refractivity contribution in [2.45, 2.75) is 19.8 Å². The number of benzene rings is 3. The second kappa shape index (κ2) is 9.66. The van der Waals surface area contributed by atoms with Gasteiger partial charge in [0.1, 0.15) is 0 Å². The van der Waals surface area contributed by atoms with Gasteiger partial charge in [-0.25, -0.2) is 0 Å². The average molecular weight is 473 g/mol. The summed E-state index contributed by atoms with van der Waals surface area (Å²) in [7, 11) is 0. The number of nitrogens with one attached hydrogen (secondary N) is 1. The fourth-order valence-electron chi connectivity index (χ4n) is 4.10. The van der Waals surface area contributed by atoms with Crippen LogP contribution in [0.1, 0.15) is 35.7 Å². The minimum absolute atomic E-state index is 0.0365. The molecule has 0 radical (unpaired) electrons. The molecule has 6 heteroatoms. The molecule has 164 valence electrons. The van der Waals surface area contributed by atoms with Gasteiger partial charge in [0.05, 0.1) is 28.3 Å². The standard InChI is InChI=1S/C27H21ClN2O2S/c1-16-25(17(2)31)26(21-9-5-6-10-23(21)28)22(14-29)27(30-16)33-15-24(32)20-12-11-18-7-3-4-8-19(18)13-20/h3-13,26,30H,15H2,1-2H3/t26-/m0/s1. The number of Topliss-reactive ketones (excluding diaryl/α,β-unsaturated/α-hetero) is 2. The maximum atomic E-state index is 12.9. The van der Waals surface area contributed by atoms with Gasteiger partial charge in [0.25, 0.3) is 0 Å². The molecule has 0 saturated heterocycles. The van der Waals surface area contributed by atoms with Crippen LogP contribution in [0.5, 0.6) is 0 Å². The minimum atomic E-state index is -0.583. The molecule has 1 heterocycles. The second-order valence-electron chi connectivity index (χ2n) is 7.80. The number of nitriles is 1. The summed E-state index contributed by atoms with van der Waals surface area (Å²) in [5, 5.41) is 16.4. The van der Waals surface area contributed by atoms with Crippen LogP contribution in [-0.2, 0) is 4.79 Å². The van der Waals surface area contributed by atoms with Crippen molar-refractivity contribution in [2.24, 2.45) is 0 Å². The number of rotatable bonds is 6. The van der Waals surface area contributed by atoms with E-state index in [1.54, 1.807) is 13.0 Å². The van der Waals surface area contributed by atoms with Crippen LogP contribution in [0, 0.1) is 11.3 Å². The van der Waals surface area contributed by atoms with E-state index in [2.05, 4.69) is 11.4 Å². The molecule has 1 aliphatic rings. The SMILES string of the molecule is CC(=O)C1=C(C)NC(SCC(=O)c2ccc3ccccc3c2)=C(C#N)[C@@H]1c1ccccc1Cl. The van der Waals surface area contributed by atoms with Gasteiger partial charge < -0.3 is 5.32 Å². The van der Waals surface area contributed by atoms with Gasteiger partial charge in [-0.1, -0.05) is 78.0 Å². The van der Waals surface area contributed by atoms with Crippen molar-refractivity contribution >= 4 is 45.7 Å². The van der Waals surface area contributed by atoms with E-state index in [1.165, 1.54) is 18.7 Å². The van der Waals surface area contributed by atoms with Gasteiger partial charge in [-0.15, -0.1) is 0 Å². The first-order valence-electron chi connectivity index (χ1n) is 10.4.